The molecular weight excluding hydrogens is 973 g/mol. The lowest BCUT2D eigenvalue weighted by Crippen LogP contribution is -2.63. The minimum atomic E-state index is -1.69. The number of ether oxygens (including phenoxy) is 9. The van der Waals surface area contributed by atoms with Crippen molar-refractivity contribution in [3.8, 4) is 0 Å². The number of fused-ring (bicyclic) bond motifs is 7. The van der Waals surface area contributed by atoms with E-state index >= 15 is 0 Å². The normalized spacial score (nSPS) is 52.7. The van der Waals surface area contributed by atoms with E-state index in [1.54, 1.807) is 6.92 Å². The summed E-state index contributed by atoms with van der Waals surface area (Å²) in [6, 6.07) is 0. The predicted octanol–water partition coefficient (Wildman–Crippen LogP) is 0.601. The number of aliphatic hydroxyl groups excluding tert-OH is 12. The molecule has 18 unspecified atom stereocenters. The number of hydrogen-bond acceptors (Lipinski definition) is 21. The van der Waals surface area contributed by atoms with Crippen LogP contribution in [0, 0.1) is 51.8 Å². The summed E-state index contributed by atoms with van der Waals surface area (Å²) in [5.74, 6) is 1.49. The lowest BCUT2D eigenvalue weighted by atomic mass is 9.44. The molecule has 4 saturated carbocycles. The summed E-state index contributed by atoms with van der Waals surface area (Å²) < 4.78 is 54.9. The summed E-state index contributed by atoms with van der Waals surface area (Å²) in [7, 11) is 0. The van der Waals surface area contributed by atoms with Crippen molar-refractivity contribution in [3.05, 3.63) is 11.7 Å². The van der Waals surface area contributed by atoms with Gasteiger partial charge in [-0.1, -0.05) is 34.6 Å². The van der Waals surface area contributed by atoms with E-state index in [1.807, 2.05) is 0 Å². The van der Waals surface area contributed by atoms with Gasteiger partial charge in [0.2, 0.25) is 5.76 Å². The van der Waals surface area contributed by atoms with Crippen LogP contribution >= 0.6 is 0 Å². The molecule has 21 nitrogen and oxygen atoms in total. The van der Waals surface area contributed by atoms with Crippen LogP contribution < -0.4 is 0 Å². The van der Waals surface area contributed by atoms with Gasteiger partial charge < -0.3 is 104 Å². The van der Waals surface area contributed by atoms with Crippen molar-refractivity contribution < 1.29 is 104 Å². The highest BCUT2D eigenvalue weighted by Crippen LogP contribution is 2.72. The SMILES string of the molecule is CC(CCC1OC2CC3C4CC[C@H]5C[C@@H](O[C@@H]6OC(COC7O[C@@H](C)C(O)C(O)[C@@H]7O)[C@@H](O)C(O)C6OC6O[C@@H](C)C(O)CC(O)[C@@H]6O)CC[C@]5(C)C4CC[C@]3(C)C2C1(C)C)COC1=C(O)C(O)[C@H](O)C(CO)O1. The Hall–Kier alpha value is -1.58. The molecule has 426 valence electrons. The maximum absolute atomic E-state index is 11.8. The second kappa shape index (κ2) is 22.2. The molecule has 0 aromatic rings. The van der Waals surface area contributed by atoms with Gasteiger partial charge in [0, 0.05) is 6.42 Å². The summed E-state index contributed by atoms with van der Waals surface area (Å²) in [5, 5.41) is 127. The third-order valence-corrected chi connectivity index (χ3v) is 20.2. The summed E-state index contributed by atoms with van der Waals surface area (Å²) in [6.07, 6.45) is -15.9. The highest BCUT2D eigenvalue weighted by molar-refractivity contribution is 5.17. The number of hydrogen-bond donors (Lipinski definition) is 12. The van der Waals surface area contributed by atoms with Gasteiger partial charge in [-0.2, -0.15) is 0 Å². The highest BCUT2D eigenvalue weighted by atomic mass is 16.8. The summed E-state index contributed by atoms with van der Waals surface area (Å²) in [6.45, 7) is 14.1. The van der Waals surface area contributed by atoms with E-state index in [0.29, 0.717) is 42.4 Å². The summed E-state index contributed by atoms with van der Waals surface area (Å²) >= 11 is 0. The molecule has 0 aromatic heterocycles. The molecule has 74 heavy (non-hydrogen) atoms. The zero-order chi connectivity index (χ0) is 53.5. The third kappa shape index (κ3) is 10.4. The quantitative estimate of drug-likeness (QED) is 0.106. The van der Waals surface area contributed by atoms with Gasteiger partial charge in [0.05, 0.1) is 62.5 Å². The molecule has 8 fully saturated rings. The smallest absolute Gasteiger partial charge is 0.322 e. The molecule has 9 rings (SSSR count). The Morgan fingerprint density at radius 1 is 0.649 bits per heavy atom. The van der Waals surface area contributed by atoms with Crippen LogP contribution in [0.1, 0.15) is 119 Å². The van der Waals surface area contributed by atoms with E-state index in [0.717, 1.165) is 51.4 Å². The summed E-state index contributed by atoms with van der Waals surface area (Å²) in [4.78, 5) is 0. The average Bonchev–Trinajstić information content (AvgIpc) is 3.79. The van der Waals surface area contributed by atoms with Crippen LogP contribution in [0.2, 0.25) is 0 Å². The second-order valence-corrected chi connectivity index (χ2v) is 25.1. The molecule has 0 amide bonds. The largest absolute Gasteiger partial charge is 0.504 e. The first-order chi connectivity index (χ1) is 34.9. The molecule has 29 atom stereocenters. The van der Waals surface area contributed by atoms with Crippen molar-refractivity contribution in [2.24, 2.45) is 51.8 Å². The van der Waals surface area contributed by atoms with E-state index in [9.17, 15) is 61.3 Å². The number of rotatable bonds is 14. The minimum absolute atomic E-state index is 0.0439. The standard InChI is InChI=1S/C53H88O21/c1-22(20-66-48-44(65)41(62)38(59)33(19-54)72-48)8-11-35-51(4,5)46-32(71-35)17-29-27-10-9-25-16-26(12-14-52(25,6)28(27)13-15-53(29,46)7)70-50-45(74-49-37(58)31(56)18-30(55)23(2)68-49)42(63)39(60)34(73-50)21-67-47-43(64)40(61)36(57)24(3)69-47/h22-43,45-47,49-50,54-65H,8-21H2,1-7H3/t22?,23-,24-,25-,26-,27?,28?,29?,30?,31?,32?,33?,34?,35?,36?,37-,38+,39+,40?,41?,42?,43-,45?,46?,47?,49?,50+,52-,53-/m0/s1. The summed E-state index contributed by atoms with van der Waals surface area (Å²) in [5.41, 5.74) is 0.0777. The van der Waals surface area contributed by atoms with Crippen molar-refractivity contribution in [2.45, 2.75) is 248 Å². The zero-order valence-corrected chi connectivity index (χ0v) is 44.0. The number of aliphatic hydroxyl groups is 12. The Morgan fingerprint density at radius 3 is 2.09 bits per heavy atom. The van der Waals surface area contributed by atoms with Crippen molar-refractivity contribution in [2.75, 3.05) is 19.8 Å². The van der Waals surface area contributed by atoms with E-state index < -0.39 is 129 Å². The van der Waals surface area contributed by atoms with Gasteiger partial charge in [-0.05, 0) is 130 Å². The molecule has 21 heteroatoms. The molecule has 4 aliphatic carbocycles. The average molecular weight is 1060 g/mol. The molecular formula is C53H88O21. The highest BCUT2D eigenvalue weighted by Gasteiger charge is 2.68. The maximum Gasteiger partial charge on any atom is 0.322 e. The Kier molecular flexibility index (Phi) is 17.1. The van der Waals surface area contributed by atoms with Gasteiger partial charge in [0.15, 0.2) is 25.0 Å². The van der Waals surface area contributed by atoms with Gasteiger partial charge in [0.25, 0.3) is 0 Å². The fourth-order valence-corrected chi connectivity index (χ4v) is 15.8. The van der Waals surface area contributed by atoms with E-state index in [-0.39, 0.29) is 59.4 Å². The van der Waals surface area contributed by atoms with E-state index in [1.165, 1.54) is 6.92 Å². The molecule has 5 aliphatic heterocycles. The Morgan fingerprint density at radius 2 is 1.36 bits per heavy atom. The van der Waals surface area contributed by atoms with Crippen molar-refractivity contribution in [3.63, 3.8) is 0 Å². The van der Waals surface area contributed by atoms with Crippen LogP contribution in [0.3, 0.4) is 0 Å². The van der Waals surface area contributed by atoms with Gasteiger partial charge in [0.1, 0.15) is 61.0 Å². The van der Waals surface area contributed by atoms with Crippen LogP contribution in [-0.2, 0) is 42.6 Å². The molecule has 5 heterocycles. The molecule has 12 N–H and O–H groups in total. The first-order valence-corrected chi connectivity index (χ1v) is 27.6. The van der Waals surface area contributed by atoms with Crippen molar-refractivity contribution >= 4 is 0 Å². The first-order valence-electron chi connectivity index (χ1n) is 27.6. The van der Waals surface area contributed by atoms with Crippen LogP contribution in [0.4, 0.5) is 0 Å². The molecule has 0 aromatic carbocycles. The Balaban J connectivity index is 0.835. The van der Waals surface area contributed by atoms with E-state index in [2.05, 4.69) is 34.6 Å². The van der Waals surface area contributed by atoms with Crippen LogP contribution in [0.25, 0.3) is 0 Å². The predicted molar refractivity (Wildman–Crippen MR) is 257 cm³/mol. The second-order valence-electron chi connectivity index (χ2n) is 25.1. The lowest BCUT2D eigenvalue weighted by molar-refractivity contribution is -0.363. The van der Waals surface area contributed by atoms with E-state index in [4.69, 9.17) is 42.6 Å². The van der Waals surface area contributed by atoms with Crippen LogP contribution in [0.5, 0.6) is 0 Å². The Bertz CT molecular complexity index is 1930. The molecule has 0 spiro atoms. The zero-order valence-electron chi connectivity index (χ0n) is 44.0. The monoisotopic (exact) mass is 1060 g/mol. The molecule has 4 saturated heterocycles. The van der Waals surface area contributed by atoms with Crippen molar-refractivity contribution in [1.82, 2.24) is 0 Å². The Labute approximate surface area is 434 Å². The topological polar surface area (TPSA) is 326 Å². The molecule has 0 bridgehead atoms. The van der Waals surface area contributed by atoms with Gasteiger partial charge >= 0.3 is 5.95 Å². The minimum Gasteiger partial charge on any atom is -0.504 e. The van der Waals surface area contributed by atoms with Gasteiger partial charge in [-0.15, -0.1) is 0 Å². The fraction of sp³-hybridized carbons (Fsp3) is 0.962. The molecule has 0 radical (unpaired) electrons. The third-order valence-electron chi connectivity index (χ3n) is 20.2. The maximum atomic E-state index is 11.8. The lowest BCUT2D eigenvalue weighted by Gasteiger charge is -2.61. The van der Waals surface area contributed by atoms with Crippen LogP contribution in [0.15, 0.2) is 11.7 Å². The van der Waals surface area contributed by atoms with Gasteiger partial charge in [-0.25, -0.2) is 0 Å². The van der Waals surface area contributed by atoms with Gasteiger partial charge in [-0.3, -0.25) is 0 Å². The van der Waals surface area contributed by atoms with Crippen LogP contribution in [-0.4, -0.2) is 210 Å². The fourth-order valence-electron chi connectivity index (χ4n) is 15.8. The molecule has 9 aliphatic rings. The van der Waals surface area contributed by atoms with Crippen molar-refractivity contribution in [1.29, 1.82) is 0 Å². The first kappa shape index (κ1) is 57.1.